The summed E-state index contributed by atoms with van der Waals surface area (Å²) in [6.07, 6.45) is 6.60. The summed E-state index contributed by atoms with van der Waals surface area (Å²) in [6, 6.07) is 4.03. The van der Waals surface area contributed by atoms with Crippen LogP contribution in [-0.4, -0.2) is 33.9 Å². The standard InChI is InChI=1S/C19H21F2N3O/c1-13-10-23-18(11-22-13)19(25)24-8-2-3-15(12-24)5-4-14-6-7-16(20)17(21)9-14/h6-7,9-11,15H,2-5,8,12H2,1H3/t15-/m0/s1. The molecule has 2 heterocycles. The number of hydrogen-bond donors (Lipinski definition) is 0. The molecule has 0 unspecified atom stereocenters. The third-order valence-corrected chi connectivity index (χ3v) is 4.63. The minimum absolute atomic E-state index is 0.0926. The molecule has 1 aliphatic heterocycles. The van der Waals surface area contributed by atoms with Crippen molar-refractivity contribution in [3.05, 3.63) is 59.2 Å². The summed E-state index contributed by atoms with van der Waals surface area (Å²) in [6.45, 7) is 3.21. The van der Waals surface area contributed by atoms with Crippen LogP contribution >= 0.6 is 0 Å². The van der Waals surface area contributed by atoms with Gasteiger partial charge in [-0.3, -0.25) is 9.78 Å². The number of amides is 1. The molecule has 0 aliphatic carbocycles. The number of piperidine rings is 1. The number of rotatable bonds is 4. The molecular weight excluding hydrogens is 324 g/mol. The fourth-order valence-electron chi connectivity index (χ4n) is 3.22. The minimum Gasteiger partial charge on any atom is -0.337 e. The molecule has 1 amide bonds. The fourth-order valence-corrected chi connectivity index (χ4v) is 3.22. The van der Waals surface area contributed by atoms with Crippen molar-refractivity contribution in [2.75, 3.05) is 13.1 Å². The number of hydrogen-bond acceptors (Lipinski definition) is 3. The van der Waals surface area contributed by atoms with Crippen LogP contribution < -0.4 is 0 Å². The van der Waals surface area contributed by atoms with E-state index in [9.17, 15) is 13.6 Å². The van der Waals surface area contributed by atoms with Crippen molar-refractivity contribution in [3.63, 3.8) is 0 Å². The van der Waals surface area contributed by atoms with Gasteiger partial charge >= 0.3 is 0 Å². The lowest BCUT2D eigenvalue weighted by Gasteiger charge is -2.32. The summed E-state index contributed by atoms with van der Waals surface area (Å²) in [4.78, 5) is 22.7. The Morgan fingerprint density at radius 1 is 1.24 bits per heavy atom. The van der Waals surface area contributed by atoms with Crippen molar-refractivity contribution in [2.24, 2.45) is 5.92 Å². The molecule has 25 heavy (non-hydrogen) atoms. The van der Waals surface area contributed by atoms with Gasteiger partial charge in [-0.2, -0.15) is 0 Å². The van der Waals surface area contributed by atoms with Crippen LogP contribution in [0.5, 0.6) is 0 Å². The summed E-state index contributed by atoms with van der Waals surface area (Å²) in [7, 11) is 0. The average molecular weight is 345 g/mol. The maximum Gasteiger partial charge on any atom is 0.274 e. The molecule has 1 saturated heterocycles. The van der Waals surface area contributed by atoms with E-state index in [1.54, 1.807) is 12.3 Å². The van der Waals surface area contributed by atoms with Gasteiger partial charge in [0.25, 0.3) is 5.91 Å². The number of benzene rings is 1. The molecule has 0 N–H and O–H groups in total. The number of aromatic nitrogens is 2. The first-order chi connectivity index (χ1) is 12.0. The van der Waals surface area contributed by atoms with Crippen LogP contribution in [0.4, 0.5) is 8.78 Å². The second kappa shape index (κ2) is 7.68. The van der Waals surface area contributed by atoms with Crippen molar-refractivity contribution < 1.29 is 13.6 Å². The number of aryl methyl sites for hydroxylation is 2. The van der Waals surface area contributed by atoms with Gasteiger partial charge in [0.1, 0.15) is 5.69 Å². The first-order valence-electron chi connectivity index (χ1n) is 8.55. The molecule has 0 radical (unpaired) electrons. The predicted molar refractivity (Wildman–Crippen MR) is 90.1 cm³/mol. The summed E-state index contributed by atoms with van der Waals surface area (Å²) >= 11 is 0. The smallest absolute Gasteiger partial charge is 0.274 e. The Balaban J connectivity index is 1.58. The maximum absolute atomic E-state index is 13.3. The third-order valence-electron chi connectivity index (χ3n) is 4.63. The average Bonchev–Trinajstić information content (AvgIpc) is 2.63. The molecule has 0 spiro atoms. The normalized spacial score (nSPS) is 17.6. The van der Waals surface area contributed by atoms with E-state index in [-0.39, 0.29) is 5.91 Å². The Hall–Kier alpha value is -2.37. The first-order valence-corrected chi connectivity index (χ1v) is 8.55. The van der Waals surface area contributed by atoms with Gasteiger partial charge in [-0.15, -0.1) is 0 Å². The van der Waals surface area contributed by atoms with Crippen molar-refractivity contribution >= 4 is 5.91 Å². The van der Waals surface area contributed by atoms with Gasteiger partial charge in [0, 0.05) is 19.3 Å². The molecule has 3 rings (SSSR count). The minimum atomic E-state index is -0.822. The largest absolute Gasteiger partial charge is 0.337 e. The highest BCUT2D eigenvalue weighted by atomic mass is 19.2. The number of carbonyl (C=O) groups is 1. The van der Waals surface area contributed by atoms with Gasteiger partial charge in [-0.1, -0.05) is 6.07 Å². The van der Waals surface area contributed by atoms with Crippen LogP contribution in [0, 0.1) is 24.5 Å². The summed E-state index contributed by atoms with van der Waals surface area (Å²) in [5.74, 6) is -1.37. The molecule has 132 valence electrons. The van der Waals surface area contributed by atoms with E-state index < -0.39 is 11.6 Å². The van der Waals surface area contributed by atoms with Crippen LogP contribution in [0.3, 0.4) is 0 Å². The van der Waals surface area contributed by atoms with Gasteiger partial charge in [-0.25, -0.2) is 13.8 Å². The van der Waals surface area contributed by atoms with Crippen molar-refractivity contribution in [3.8, 4) is 0 Å². The Bertz CT molecular complexity index is 749. The van der Waals surface area contributed by atoms with Crippen LogP contribution in [0.1, 0.15) is 41.0 Å². The zero-order chi connectivity index (χ0) is 17.8. The molecule has 4 nitrogen and oxygen atoms in total. The Kier molecular flexibility index (Phi) is 5.36. The molecule has 0 saturated carbocycles. The molecule has 1 aromatic heterocycles. The molecule has 1 aliphatic rings. The van der Waals surface area contributed by atoms with E-state index >= 15 is 0 Å². The van der Waals surface area contributed by atoms with E-state index in [0.717, 1.165) is 43.1 Å². The predicted octanol–water partition coefficient (Wildman–Crippen LogP) is 3.55. The van der Waals surface area contributed by atoms with Crippen LogP contribution in [0.25, 0.3) is 0 Å². The number of carbonyl (C=O) groups excluding carboxylic acids is 1. The molecule has 2 aromatic rings. The van der Waals surface area contributed by atoms with Gasteiger partial charge in [-0.05, 0) is 56.2 Å². The topological polar surface area (TPSA) is 46.1 Å². The van der Waals surface area contributed by atoms with Crippen LogP contribution in [-0.2, 0) is 6.42 Å². The summed E-state index contributed by atoms with van der Waals surface area (Å²) in [5, 5.41) is 0. The molecule has 1 fully saturated rings. The zero-order valence-corrected chi connectivity index (χ0v) is 14.2. The lowest BCUT2D eigenvalue weighted by Crippen LogP contribution is -2.40. The number of nitrogens with zero attached hydrogens (tertiary/aromatic N) is 3. The maximum atomic E-state index is 13.3. The first kappa shape index (κ1) is 17.5. The third kappa shape index (κ3) is 4.38. The monoisotopic (exact) mass is 345 g/mol. The van der Waals surface area contributed by atoms with E-state index in [4.69, 9.17) is 0 Å². The SMILES string of the molecule is Cc1cnc(C(=O)N2CCC[C@@H](CCc3ccc(F)c(F)c3)C2)cn1. The molecule has 0 bridgehead atoms. The fraction of sp³-hybridized carbons (Fsp3) is 0.421. The molecule has 1 aromatic carbocycles. The van der Waals surface area contributed by atoms with Crippen molar-refractivity contribution in [1.29, 1.82) is 0 Å². The highest BCUT2D eigenvalue weighted by Crippen LogP contribution is 2.23. The molecular formula is C19H21F2N3O. The highest BCUT2D eigenvalue weighted by Gasteiger charge is 2.25. The number of likely N-dealkylation sites (tertiary alicyclic amines) is 1. The van der Waals surface area contributed by atoms with Gasteiger partial charge in [0.15, 0.2) is 11.6 Å². The van der Waals surface area contributed by atoms with Gasteiger partial charge < -0.3 is 4.90 Å². The van der Waals surface area contributed by atoms with Crippen LogP contribution in [0.2, 0.25) is 0 Å². The second-order valence-electron chi connectivity index (χ2n) is 6.59. The number of halogens is 2. The van der Waals surface area contributed by atoms with E-state index in [1.807, 2.05) is 11.8 Å². The van der Waals surface area contributed by atoms with E-state index in [2.05, 4.69) is 9.97 Å². The zero-order valence-electron chi connectivity index (χ0n) is 14.2. The lowest BCUT2D eigenvalue weighted by molar-refractivity contribution is 0.0662. The van der Waals surface area contributed by atoms with Crippen molar-refractivity contribution in [1.82, 2.24) is 14.9 Å². The Morgan fingerprint density at radius 2 is 2.08 bits per heavy atom. The molecule has 6 heteroatoms. The van der Waals surface area contributed by atoms with Gasteiger partial charge in [0.2, 0.25) is 0 Å². The quantitative estimate of drug-likeness (QED) is 0.851. The lowest BCUT2D eigenvalue weighted by atomic mass is 9.91. The highest BCUT2D eigenvalue weighted by molar-refractivity contribution is 5.92. The van der Waals surface area contributed by atoms with E-state index in [0.29, 0.717) is 24.6 Å². The summed E-state index contributed by atoms with van der Waals surface area (Å²) < 4.78 is 26.3. The Labute approximate surface area is 145 Å². The molecule has 1 atom stereocenters. The van der Waals surface area contributed by atoms with Gasteiger partial charge in [0.05, 0.1) is 11.9 Å². The van der Waals surface area contributed by atoms with Crippen LogP contribution in [0.15, 0.2) is 30.6 Å². The second-order valence-corrected chi connectivity index (χ2v) is 6.59. The van der Waals surface area contributed by atoms with E-state index in [1.165, 1.54) is 12.3 Å². The summed E-state index contributed by atoms with van der Waals surface area (Å²) in [5.41, 5.74) is 1.93. The Morgan fingerprint density at radius 3 is 2.80 bits per heavy atom. The van der Waals surface area contributed by atoms with Crippen molar-refractivity contribution in [2.45, 2.75) is 32.6 Å².